The molecule has 0 saturated carbocycles. The maximum atomic E-state index is 12.7. The van der Waals surface area contributed by atoms with Gasteiger partial charge in [-0.15, -0.1) is 0 Å². The van der Waals surface area contributed by atoms with Crippen molar-refractivity contribution in [2.45, 2.75) is 136 Å². The average Bonchev–Trinajstić information content (AvgIpc) is 1.04. The number of anilines is 2. The number of isocyanates is 1. The molecule has 19 N–H and O–H groups in total. The number of H-pyrrole nitrogens is 4. The average molecular weight is 1950 g/mol. The summed E-state index contributed by atoms with van der Waals surface area (Å²) in [5.41, 5.74) is 18.3. The van der Waals surface area contributed by atoms with Gasteiger partial charge in [0.1, 0.15) is 48.9 Å². The third kappa shape index (κ3) is 21.2. The van der Waals surface area contributed by atoms with Crippen LogP contribution in [-0.2, 0) is 66.4 Å². The summed E-state index contributed by atoms with van der Waals surface area (Å²) in [4.78, 5) is 131. The van der Waals surface area contributed by atoms with Crippen molar-refractivity contribution in [1.29, 1.82) is 0 Å². The number of aliphatic hydroxyl groups excluding tert-OH is 7. The first kappa shape index (κ1) is 98.4. The van der Waals surface area contributed by atoms with Gasteiger partial charge in [-0.1, -0.05) is 165 Å². The van der Waals surface area contributed by atoms with Crippen molar-refractivity contribution in [1.82, 2.24) is 92.8 Å². The number of carbonyl (C=O) groups is 1. The van der Waals surface area contributed by atoms with Crippen LogP contribution in [0.25, 0.3) is 44.7 Å². The third-order valence-electron chi connectivity index (χ3n) is 21.0. The van der Waals surface area contributed by atoms with Gasteiger partial charge in [0.25, 0.3) is 30.6 Å². The molecule has 16 atom stereocenters. The molecule has 0 spiro atoms. The molecule has 48 heteroatoms. The Morgan fingerprint density at radius 2 is 0.945 bits per heavy atom. The van der Waals surface area contributed by atoms with Crippen LogP contribution in [0.4, 0.5) is 28.6 Å². The number of alkyl halides is 1. The number of aliphatic hydroxyl groups is 7. The Morgan fingerprint density at radius 3 is 1.37 bits per heavy atom. The molecule has 5 saturated heterocycles. The van der Waals surface area contributed by atoms with Crippen LogP contribution in [0.2, 0.25) is 5.04 Å². The number of carbonyl (C=O) groups excluding carboxylic acids is 2. The minimum atomic E-state index is -2.73. The number of nitrogens with zero attached hydrogens (tertiary/aromatic N) is 18. The largest absolute Gasteiger partial charge is 0.439 e. The van der Waals surface area contributed by atoms with Crippen LogP contribution in [0.1, 0.15) is 63.7 Å². The minimum absolute atomic E-state index is 0. The van der Waals surface area contributed by atoms with Crippen LogP contribution in [0.5, 0.6) is 0 Å². The van der Waals surface area contributed by atoms with Gasteiger partial charge in [0.05, 0.1) is 83.1 Å². The van der Waals surface area contributed by atoms with E-state index in [0.29, 0.717) is 25.3 Å². The summed E-state index contributed by atoms with van der Waals surface area (Å²) in [5, 5.41) is 67.2. The second-order valence-electron chi connectivity index (χ2n) is 30.9. The molecule has 0 radical (unpaired) electrons. The van der Waals surface area contributed by atoms with Gasteiger partial charge >= 0.3 is 6.09 Å². The van der Waals surface area contributed by atoms with E-state index in [4.69, 9.17) is 60.6 Å². The first-order valence-corrected chi connectivity index (χ1v) is 42.3. The number of amides is 1. The number of aromatic nitrogens is 16. The Balaban J connectivity index is 0.000000175. The van der Waals surface area contributed by atoms with E-state index in [9.17, 15) is 49.2 Å². The van der Waals surface area contributed by atoms with Crippen molar-refractivity contribution < 1.29 is 99.3 Å². The van der Waals surface area contributed by atoms with E-state index < -0.39 is 117 Å². The van der Waals surface area contributed by atoms with Crippen molar-refractivity contribution in [3.05, 3.63) is 199 Å². The number of nitrogen functional groups attached to an aromatic ring is 2. The first-order valence-electron chi connectivity index (χ1n) is 39.4. The van der Waals surface area contributed by atoms with Gasteiger partial charge in [0, 0.05) is 73.0 Å². The van der Waals surface area contributed by atoms with E-state index in [1.165, 1.54) is 50.9 Å². The zero-order chi connectivity index (χ0) is 90.6. The van der Waals surface area contributed by atoms with Gasteiger partial charge in [-0.2, -0.15) is 19.9 Å². The number of aliphatic imine (C=N–C) groups is 3. The number of rotatable bonds is 20. The van der Waals surface area contributed by atoms with Crippen LogP contribution < -0.4 is 49.8 Å². The fourth-order valence-corrected chi connectivity index (χ4v) is 20.1. The number of benzene rings is 4. The quantitative estimate of drug-likeness (QED) is 0.0154. The predicted molar refractivity (Wildman–Crippen MR) is 470 cm³/mol. The topological polar surface area (TPSA) is 642 Å². The van der Waals surface area contributed by atoms with Gasteiger partial charge < -0.3 is 96.3 Å². The van der Waals surface area contributed by atoms with Gasteiger partial charge in [-0.25, -0.2) is 44.5 Å². The van der Waals surface area contributed by atoms with E-state index in [2.05, 4.69) is 167 Å². The smallest absolute Gasteiger partial charge is 0.411 e. The fourth-order valence-electron chi connectivity index (χ4n) is 15.0. The molecule has 13 heterocycles. The molecule has 45 nitrogen and oxygen atoms in total. The molecule has 12 aromatic rings. The van der Waals surface area contributed by atoms with Crippen molar-refractivity contribution in [2.24, 2.45) is 26.6 Å². The van der Waals surface area contributed by atoms with Crippen molar-refractivity contribution in [3.8, 4) is 0 Å². The molecular formula is C80H100BrN25O20PdSi. The Labute approximate surface area is 751 Å². The van der Waals surface area contributed by atoms with E-state index in [0.717, 1.165) is 18.2 Å². The molecule has 5 aliphatic heterocycles. The zero-order valence-electron chi connectivity index (χ0n) is 70.5. The summed E-state index contributed by atoms with van der Waals surface area (Å²) in [6, 6.07) is 39.0. The summed E-state index contributed by atoms with van der Waals surface area (Å²) >= 11 is 3.92. The standard InChI is InChI=1S/C30H37BrN6O3Si.C21H23N7O5.C10H14N6O4.C10H13N5O5.C8H7NO.CH4O.H2O.Pd/c1-20-24(31)23(40-28(20)37-19-32-25-26(37)34-29(35-27(25)38)33-18-36(5)6)17-39-41(30(2,3)4,21-13-9-7-10-14-21)22-15-11-8-12-16-22;1-26(2)10-23-20-24-17-14(18(30)25-20)22-11-28(17)19-16-15(13(9-29)32-19)27(21(31)33-16)8-12-6-4-3-5-7-12;11-4-3(1-17)20-9(6(4)18)16-2-13-5-7(16)14-10(12)15-8(5)19;11-10-13-7-4(8(19)14-10)12-2-15(7)9-6(18)5(17)3(1-16)20-9;10-7-9-6-8-4-2-1-3-5-8;1-2;;/h7-16,18-20,23-24,28H,17H2,1-6H3,(H,34,35,38);3-7,10-11,13,15-16,19,29H,8-9H2,1-2H3,(H,24,25,30);2-4,6,9,17-18H,1,11H2,(H3,12,14,15,19);2-3,5-6,9,16-18H,1H2,(H3,11,13,14,19);1-5H,6H2;2H,1H3;1H2;/t20?,23-,24-,28-;13-,15-,16?,19-;3-,4+,6?,9-;3-,5+,6?,9-;;;;/m1111..../s1. The Hall–Kier alpha value is -11.7. The second kappa shape index (κ2) is 43.4. The first-order chi connectivity index (χ1) is 60.5. The molecular weight excluding hydrogens is 1850 g/mol. The monoisotopic (exact) mass is 1940 g/mol. The van der Waals surface area contributed by atoms with Crippen molar-refractivity contribution in [3.63, 3.8) is 0 Å². The number of aromatic amines is 4. The summed E-state index contributed by atoms with van der Waals surface area (Å²) < 4.78 is 42.5. The SMILES string of the molecule is CC1[C@@H](Br)[C@@H](CO[Si](c2ccccc2)(c2ccccc2)C(C)(C)C)O[C@H]1n1cnc2c(=O)[nH]c(N=CN(C)C)nc21.CN(C)C=Nc1nc2c(ncn2[C@@H]2O[C@H](CO)[C@@H]3C2OC(=O)N3Cc2ccccc2)c(=O)[nH]1.CO.Nc1nc2c(ncn2[C@@H]2O[C@H](CO)[C@H](N)C2O)c(=O)[nH]1.Nc1nc2c(ncn2[C@@H]2O[C@H](CO)[C@H](O)C2O)c(=O)[nH]1.O.O=C=NCc1ccccc1.[Pd]. The number of ether oxygens (including phenoxy) is 5. The number of halogens is 1. The molecule has 1 amide bonds. The van der Waals surface area contributed by atoms with E-state index >= 15 is 0 Å². The minimum Gasteiger partial charge on any atom is -0.439 e. The van der Waals surface area contributed by atoms with Crippen LogP contribution >= 0.6 is 15.9 Å². The summed E-state index contributed by atoms with van der Waals surface area (Å²) in [7, 11) is 5.56. The summed E-state index contributed by atoms with van der Waals surface area (Å²) in [6.07, 6.45) is -0.258. The molecule has 4 unspecified atom stereocenters. The molecule has 0 aliphatic carbocycles. The molecule has 17 rings (SSSR count). The zero-order valence-corrected chi connectivity index (χ0v) is 74.6. The molecule has 0 bridgehead atoms. The van der Waals surface area contributed by atoms with Crippen molar-refractivity contribution in [2.75, 3.05) is 73.2 Å². The third-order valence-corrected chi connectivity index (χ3v) is 27.4. The molecule has 686 valence electrons. The number of fused-ring (bicyclic) bond motifs is 5. The van der Waals surface area contributed by atoms with Crippen LogP contribution in [0, 0.1) is 5.92 Å². The van der Waals surface area contributed by atoms with Gasteiger partial charge in [0.2, 0.25) is 29.9 Å². The van der Waals surface area contributed by atoms with Crippen LogP contribution in [0.15, 0.2) is 181 Å². The summed E-state index contributed by atoms with van der Waals surface area (Å²) in [6.45, 7) is 9.01. The molecule has 4 aromatic carbocycles. The number of hydrogen-bond acceptors (Lipinski definition) is 33. The normalized spacial score (nSPS) is 23.4. The fraction of sp³-hybridized carbons (Fsp3) is 0.400. The number of nitrogens with one attached hydrogen (secondary N) is 4. The maximum absolute atomic E-state index is 12.7. The van der Waals surface area contributed by atoms with Crippen molar-refractivity contribution >= 4 is 128 Å². The molecule has 5 fully saturated rings. The predicted octanol–water partition coefficient (Wildman–Crippen LogP) is -0.268. The Bertz CT molecular complexity index is 5900. The maximum Gasteiger partial charge on any atom is 0.411 e. The number of imidazole rings is 4. The van der Waals surface area contributed by atoms with Crippen LogP contribution in [0.3, 0.4) is 0 Å². The summed E-state index contributed by atoms with van der Waals surface area (Å²) in [5.74, 6) is 0.196. The number of hydrogen-bond donors (Lipinski definition) is 14. The molecule has 128 heavy (non-hydrogen) atoms. The molecule has 8 aromatic heterocycles. The van der Waals surface area contributed by atoms with E-state index in [1.807, 2.05) is 91.5 Å². The van der Waals surface area contributed by atoms with E-state index in [-0.39, 0.29) is 129 Å². The second-order valence-corrected chi connectivity index (χ2v) is 36.2. The van der Waals surface area contributed by atoms with Crippen LogP contribution in [-0.4, -0.2) is 295 Å². The van der Waals surface area contributed by atoms with Gasteiger partial charge in [0.15, 0.2) is 69.4 Å². The molecule has 5 aliphatic rings. The number of nitrogens with two attached hydrogens (primary N) is 3. The Morgan fingerprint density at radius 1 is 0.555 bits per heavy atom. The Kier molecular flexibility index (Phi) is 33.4. The van der Waals surface area contributed by atoms with Gasteiger partial charge in [-0.05, 0) is 26.5 Å². The van der Waals surface area contributed by atoms with E-state index in [1.54, 1.807) is 46.0 Å². The van der Waals surface area contributed by atoms with Gasteiger partial charge in [-0.3, -0.25) is 62.3 Å².